The molecule has 0 radical (unpaired) electrons. The van der Waals surface area contributed by atoms with Gasteiger partial charge in [-0.15, -0.1) is 0 Å². The van der Waals surface area contributed by atoms with E-state index in [0.717, 1.165) is 11.8 Å². The van der Waals surface area contributed by atoms with E-state index in [1.54, 1.807) is 0 Å². The van der Waals surface area contributed by atoms with Crippen LogP contribution in [0.5, 0.6) is 0 Å². The Hall–Kier alpha value is -0.0800. The van der Waals surface area contributed by atoms with E-state index in [0.29, 0.717) is 6.04 Å². The van der Waals surface area contributed by atoms with Crippen molar-refractivity contribution in [1.29, 1.82) is 0 Å². The topological polar surface area (TPSA) is 29.3 Å². The highest BCUT2D eigenvalue weighted by atomic mass is 15.1. The molecular formula is C9H18N2. The first-order valence-corrected chi connectivity index (χ1v) is 4.71. The molecule has 1 heterocycles. The average molecular weight is 154 g/mol. The van der Waals surface area contributed by atoms with Gasteiger partial charge in [0.05, 0.1) is 0 Å². The molecule has 0 aromatic rings. The quantitative estimate of drug-likeness (QED) is 0.556. The fourth-order valence-electron chi connectivity index (χ4n) is 2.74. The van der Waals surface area contributed by atoms with Gasteiger partial charge in [0.1, 0.15) is 0 Å². The molecule has 2 fully saturated rings. The second kappa shape index (κ2) is 2.76. The summed E-state index contributed by atoms with van der Waals surface area (Å²) in [6, 6.07) is 0.499. The van der Waals surface area contributed by atoms with Crippen molar-refractivity contribution in [2.45, 2.75) is 25.3 Å². The third-order valence-electron chi connectivity index (χ3n) is 3.34. The van der Waals surface area contributed by atoms with Gasteiger partial charge in [-0.1, -0.05) is 6.42 Å². The minimum atomic E-state index is 0.499. The summed E-state index contributed by atoms with van der Waals surface area (Å²) >= 11 is 0. The van der Waals surface area contributed by atoms with E-state index in [4.69, 9.17) is 5.73 Å². The smallest absolute Gasteiger partial charge is 0.00825 e. The Labute approximate surface area is 68.7 Å². The van der Waals surface area contributed by atoms with E-state index in [-0.39, 0.29) is 0 Å². The number of nitrogens with two attached hydrogens (primary N) is 1. The lowest BCUT2D eigenvalue weighted by atomic mass is 9.78. The Morgan fingerprint density at radius 1 is 1.27 bits per heavy atom. The van der Waals surface area contributed by atoms with E-state index in [2.05, 4.69) is 11.9 Å². The van der Waals surface area contributed by atoms with Crippen LogP contribution < -0.4 is 5.73 Å². The first-order valence-electron chi connectivity index (χ1n) is 4.71. The maximum absolute atomic E-state index is 6.06. The number of hydrogen-bond acceptors (Lipinski definition) is 2. The molecule has 1 saturated carbocycles. The van der Waals surface area contributed by atoms with Gasteiger partial charge < -0.3 is 10.6 Å². The zero-order valence-corrected chi connectivity index (χ0v) is 7.29. The van der Waals surface area contributed by atoms with Crippen LogP contribution in [-0.4, -0.2) is 31.1 Å². The molecule has 3 atom stereocenters. The van der Waals surface area contributed by atoms with Gasteiger partial charge in [-0.25, -0.2) is 0 Å². The Kier molecular flexibility index (Phi) is 1.90. The molecule has 64 valence electrons. The van der Waals surface area contributed by atoms with E-state index < -0.39 is 0 Å². The Morgan fingerprint density at radius 2 is 2.09 bits per heavy atom. The minimum Gasteiger partial charge on any atom is -0.327 e. The van der Waals surface area contributed by atoms with E-state index in [1.165, 1.54) is 32.4 Å². The minimum absolute atomic E-state index is 0.499. The maximum atomic E-state index is 6.06. The van der Waals surface area contributed by atoms with Crippen LogP contribution in [0.1, 0.15) is 19.3 Å². The Morgan fingerprint density at radius 3 is 2.82 bits per heavy atom. The number of fused-ring (bicyclic) bond motifs is 1. The standard InChI is InChI=1S/C9H18N2/c1-11-5-7-3-2-4-9(10)8(7)6-11/h7-9H,2-6,10H2,1H3/t7-,8+,9-/m0/s1. The fourth-order valence-corrected chi connectivity index (χ4v) is 2.74. The number of nitrogens with zero attached hydrogens (tertiary/aromatic N) is 1. The second-order valence-electron chi connectivity index (χ2n) is 4.24. The number of likely N-dealkylation sites (tertiary alicyclic amines) is 1. The van der Waals surface area contributed by atoms with Gasteiger partial charge in [0, 0.05) is 19.1 Å². The molecule has 0 aromatic heterocycles. The highest BCUT2D eigenvalue weighted by Crippen LogP contribution is 2.34. The predicted octanol–water partition coefficient (Wildman–Crippen LogP) is 0.675. The van der Waals surface area contributed by atoms with Crippen molar-refractivity contribution in [3.05, 3.63) is 0 Å². The van der Waals surface area contributed by atoms with Gasteiger partial charge in [-0.3, -0.25) is 0 Å². The summed E-state index contributed by atoms with van der Waals surface area (Å²) in [7, 11) is 2.21. The van der Waals surface area contributed by atoms with Crippen LogP contribution in [0.25, 0.3) is 0 Å². The molecule has 1 aliphatic carbocycles. The Balaban J connectivity index is 2.03. The lowest BCUT2D eigenvalue weighted by Crippen LogP contribution is -2.38. The number of hydrogen-bond donors (Lipinski definition) is 1. The molecule has 11 heavy (non-hydrogen) atoms. The largest absolute Gasteiger partial charge is 0.327 e. The molecule has 2 aliphatic rings. The van der Waals surface area contributed by atoms with Crippen LogP contribution >= 0.6 is 0 Å². The van der Waals surface area contributed by atoms with Crippen molar-refractivity contribution in [3.63, 3.8) is 0 Å². The molecule has 2 rings (SSSR count). The van der Waals surface area contributed by atoms with Crippen molar-refractivity contribution in [2.75, 3.05) is 20.1 Å². The van der Waals surface area contributed by atoms with Crippen LogP contribution in [0.15, 0.2) is 0 Å². The first-order chi connectivity index (χ1) is 5.27. The van der Waals surface area contributed by atoms with Gasteiger partial charge in [-0.2, -0.15) is 0 Å². The van der Waals surface area contributed by atoms with Crippen molar-refractivity contribution in [3.8, 4) is 0 Å². The molecule has 0 unspecified atom stereocenters. The van der Waals surface area contributed by atoms with Crippen LogP contribution in [0.4, 0.5) is 0 Å². The molecule has 0 amide bonds. The molecule has 1 saturated heterocycles. The third-order valence-corrected chi connectivity index (χ3v) is 3.34. The monoisotopic (exact) mass is 154 g/mol. The van der Waals surface area contributed by atoms with Gasteiger partial charge in [0.2, 0.25) is 0 Å². The lowest BCUT2D eigenvalue weighted by Gasteiger charge is -2.29. The average Bonchev–Trinajstić information content (AvgIpc) is 2.31. The summed E-state index contributed by atoms with van der Waals surface area (Å²) in [4.78, 5) is 2.43. The van der Waals surface area contributed by atoms with Crippen molar-refractivity contribution >= 4 is 0 Å². The summed E-state index contributed by atoms with van der Waals surface area (Å²) in [6.45, 7) is 2.53. The van der Waals surface area contributed by atoms with Crippen LogP contribution in [0.2, 0.25) is 0 Å². The highest BCUT2D eigenvalue weighted by Gasteiger charge is 2.36. The summed E-state index contributed by atoms with van der Waals surface area (Å²) in [5, 5.41) is 0. The molecule has 0 aromatic carbocycles. The molecule has 0 spiro atoms. The van der Waals surface area contributed by atoms with Gasteiger partial charge >= 0.3 is 0 Å². The summed E-state index contributed by atoms with van der Waals surface area (Å²) < 4.78 is 0. The lowest BCUT2D eigenvalue weighted by molar-refractivity contribution is 0.259. The third kappa shape index (κ3) is 1.30. The Bertz CT molecular complexity index is 146. The van der Waals surface area contributed by atoms with Gasteiger partial charge in [0.15, 0.2) is 0 Å². The van der Waals surface area contributed by atoms with Crippen LogP contribution in [0, 0.1) is 11.8 Å². The van der Waals surface area contributed by atoms with Crippen molar-refractivity contribution < 1.29 is 0 Å². The van der Waals surface area contributed by atoms with Crippen molar-refractivity contribution in [2.24, 2.45) is 17.6 Å². The van der Waals surface area contributed by atoms with Crippen LogP contribution in [0.3, 0.4) is 0 Å². The summed E-state index contributed by atoms with van der Waals surface area (Å²) in [5.41, 5.74) is 6.06. The molecule has 0 bridgehead atoms. The zero-order valence-electron chi connectivity index (χ0n) is 7.29. The summed E-state index contributed by atoms with van der Waals surface area (Å²) in [6.07, 6.45) is 4.04. The number of rotatable bonds is 0. The normalized spacial score (nSPS) is 45.8. The van der Waals surface area contributed by atoms with E-state index in [1.807, 2.05) is 0 Å². The van der Waals surface area contributed by atoms with E-state index >= 15 is 0 Å². The molecule has 2 heteroatoms. The molecule has 2 nitrogen and oxygen atoms in total. The van der Waals surface area contributed by atoms with Crippen molar-refractivity contribution in [1.82, 2.24) is 4.90 Å². The van der Waals surface area contributed by atoms with E-state index in [9.17, 15) is 0 Å². The molecule has 2 N–H and O–H groups in total. The van der Waals surface area contributed by atoms with Gasteiger partial charge in [0.25, 0.3) is 0 Å². The van der Waals surface area contributed by atoms with Crippen LogP contribution in [-0.2, 0) is 0 Å². The second-order valence-corrected chi connectivity index (χ2v) is 4.24. The highest BCUT2D eigenvalue weighted by molar-refractivity contribution is 4.91. The zero-order chi connectivity index (χ0) is 7.84. The summed E-state index contributed by atoms with van der Waals surface area (Å²) in [5.74, 6) is 1.73. The SMILES string of the molecule is CN1C[C@@H]2CCC[C@H](N)[C@@H]2C1. The molecule has 1 aliphatic heterocycles. The fraction of sp³-hybridized carbons (Fsp3) is 1.00. The maximum Gasteiger partial charge on any atom is 0.00825 e. The predicted molar refractivity (Wildman–Crippen MR) is 46.3 cm³/mol. The molecular weight excluding hydrogens is 136 g/mol. The van der Waals surface area contributed by atoms with Gasteiger partial charge in [-0.05, 0) is 31.7 Å². The first kappa shape index (κ1) is 7.56.